The molecule has 2 nitrogen and oxygen atoms in total. The second-order valence-electron chi connectivity index (χ2n) is 15.6. The Morgan fingerprint density at radius 2 is 0.806 bits per heavy atom. The average molecular weight is 1060 g/mol. The largest absolute Gasteiger partial charge is 0.484 e. The van der Waals surface area contributed by atoms with Gasteiger partial charge in [-0.2, -0.15) is 0 Å². The summed E-state index contributed by atoms with van der Waals surface area (Å²) in [4.78, 5) is 0. The Kier molecular flexibility index (Phi) is 10.4. The molecule has 0 N–H and O–H groups in total. The van der Waals surface area contributed by atoms with Crippen LogP contribution in [0.4, 0.5) is 0 Å². The fraction of sp³-hybridized carbons (Fsp3) is 0.0357. The number of hydrogen-bond donors (Lipinski definition) is 0. The minimum atomic E-state index is -0.0784. The van der Waals surface area contributed by atoms with E-state index in [9.17, 15) is 0 Å². The summed E-state index contributed by atoms with van der Waals surface area (Å²) in [5.41, 5.74) is 8.00. The maximum absolute atomic E-state index is 6.84. The van der Waals surface area contributed by atoms with Gasteiger partial charge < -0.3 is 9.15 Å². The molecule has 62 heavy (non-hydrogen) atoms. The molecule has 0 saturated carbocycles. The first-order valence-electron chi connectivity index (χ1n) is 20.4. The Morgan fingerprint density at radius 3 is 1.39 bits per heavy atom. The van der Waals surface area contributed by atoms with Crippen molar-refractivity contribution in [1.29, 1.82) is 0 Å². The summed E-state index contributed by atoms with van der Waals surface area (Å²) in [6, 6.07) is 68.2. The average Bonchev–Trinajstić information content (AvgIpc) is 3.92. The standard InChI is InChI=1S/C28H18Br2O.C28H16Br2O/c2*29-19-11-13-21-22-14-12-20(30)16-24(22)28-26(23(21)15-19)25(17-7-3-1-4-8-17)27(31-28)18-9-5-2-6-10-18/h1-16,25,27H;1-16H. The highest BCUT2D eigenvalue weighted by Gasteiger charge is 2.39. The molecule has 0 amide bonds. The summed E-state index contributed by atoms with van der Waals surface area (Å²) in [5, 5.41) is 10.7. The van der Waals surface area contributed by atoms with Gasteiger partial charge in [-0.3, -0.25) is 0 Å². The third kappa shape index (κ3) is 6.89. The molecule has 298 valence electrons. The van der Waals surface area contributed by atoms with Crippen LogP contribution in [-0.4, -0.2) is 0 Å². The molecule has 1 aromatic heterocycles. The summed E-state index contributed by atoms with van der Waals surface area (Å²) in [7, 11) is 0. The smallest absolute Gasteiger partial charge is 0.143 e. The Bertz CT molecular complexity index is 3480. The normalized spacial score (nSPS) is 14.6. The van der Waals surface area contributed by atoms with Crippen molar-refractivity contribution in [3.05, 3.63) is 229 Å². The van der Waals surface area contributed by atoms with E-state index in [1.807, 2.05) is 6.07 Å². The fourth-order valence-electron chi connectivity index (χ4n) is 9.32. The molecule has 2 atom stereocenters. The number of benzene rings is 10. The van der Waals surface area contributed by atoms with E-state index in [1.165, 1.54) is 49.0 Å². The van der Waals surface area contributed by atoms with Crippen LogP contribution in [0.1, 0.15) is 28.7 Å². The van der Waals surface area contributed by atoms with Crippen molar-refractivity contribution in [3.63, 3.8) is 0 Å². The van der Waals surface area contributed by atoms with E-state index in [0.29, 0.717) is 0 Å². The zero-order chi connectivity index (χ0) is 41.9. The minimum absolute atomic E-state index is 0.0784. The molecule has 0 fully saturated rings. The van der Waals surface area contributed by atoms with E-state index < -0.39 is 0 Å². The van der Waals surface area contributed by atoms with Gasteiger partial charge in [0.1, 0.15) is 23.2 Å². The first-order chi connectivity index (χ1) is 30.4. The lowest BCUT2D eigenvalue weighted by atomic mass is 9.82. The molecular weight excluding hydrogens is 1020 g/mol. The molecule has 0 bridgehead atoms. The molecule has 6 heteroatoms. The molecule has 1 aliphatic rings. The van der Waals surface area contributed by atoms with Crippen molar-refractivity contribution in [2.45, 2.75) is 12.0 Å². The Hall–Kier alpha value is -5.50. The topological polar surface area (TPSA) is 22.4 Å². The van der Waals surface area contributed by atoms with Gasteiger partial charge >= 0.3 is 0 Å². The zero-order valence-electron chi connectivity index (χ0n) is 33.0. The molecule has 10 aromatic carbocycles. The van der Waals surface area contributed by atoms with Gasteiger partial charge in [0.25, 0.3) is 0 Å². The highest BCUT2D eigenvalue weighted by Crippen LogP contribution is 2.56. The SMILES string of the molecule is Brc1ccc2c(c1)c1c(c3cc(Br)ccc32)C(c2ccccc2)C(c2ccccc2)O1.Brc1ccc2c3ccc(Br)cc3c3c(-c4ccccc4)c(-c4ccccc4)oc3c2c1. The highest BCUT2D eigenvalue weighted by molar-refractivity contribution is 9.11. The van der Waals surface area contributed by atoms with Crippen LogP contribution in [0.25, 0.3) is 76.5 Å². The number of rotatable bonds is 4. The van der Waals surface area contributed by atoms with Gasteiger partial charge in [-0.05, 0) is 97.5 Å². The quantitative estimate of drug-likeness (QED) is 0.164. The zero-order valence-corrected chi connectivity index (χ0v) is 39.3. The first-order valence-corrected chi connectivity index (χ1v) is 23.6. The van der Waals surface area contributed by atoms with Crippen LogP contribution in [0.5, 0.6) is 5.75 Å². The third-order valence-electron chi connectivity index (χ3n) is 12.0. The monoisotopic (exact) mass is 1050 g/mol. The Labute approximate surface area is 392 Å². The molecule has 2 heterocycles. The van der Waals surface area contributed by atoms with Crippen LogP contribution in [0.2, 0.25) is 0 Å². The van der Waals surface area contributed by atoms with Crippen molar-refractivity contribution in [2.75, 3.05) is 0 Å². The molecule has 0 saturated heterocycles. The predicted octanol–water partition coefficient (Wildman–Crippen LogP) is 18.4. The molecule has 0 radical (unpaired) electrons. The van der Waals surface area contributed by atoms with Crippen LogP contribution < -0.4 is 4.74 Å². The molecule has 0 aliphatic carbocycles. The van der Waals surface area contributed by atoms with Gasteiger partial charge in [0.2, 0.25) is 0 Å². The first kappa shape index (κ1) is 39.4. The molecule has 0 spiro atoms. The van der Waals surface area contributed by atoms with Gasteiger partial charge in [-0.1, -0.05) is 209 Å². The van der Waals surface area contributed by atoms with Gasteiger partial charge in [-0.15, -0.1) is 0 Å². The van der Waals surface area contributed by atoms with Crippen molar-refractivity contribution < 1.29 is 9.15 Å². The van der Waals surface area contributed by atoms with Crippen LogP contribution in [0.15, 0.2) is 216 Å². The van der Waals surface area contributed by atoms with E-state index in [2.05, 4.69) is 252 Å². The van der Waals surface area contributed by atoms with Crippen LogP contribution in [0.3, 0.4) is 0 Å². The van der Waals surface area contributed by atoms with Crippen molar-refractivity contribution in [2.24, 2.45) is 0 Å². The Morgan fingerprint density at radius 1 is 0.371 bits per heavy atom. The van der Waals surface area contributed by atoms with Crippen molar-refractivity contribution >= 4 is 118 Å². The van der Waals surface area contributed by atoms with E-state index in [4.69, 9.17) is 9.15 Å². The summed E-state index contributed by atoms with van der Waals surface area (Å²) >= 11 is 14.7. The lowest BCUT2D eigenvalue weighted by Gasteiger charge is -2.20. The van der Waals surface area contributed by atoms with E-state index in [0.717, 1.165) is 67.8 Å². The molecule has 12 rings (SSSR count). The molecular formula is C56H34Br4O2. The second-order valence-corrected chi connectivity index (χ2v) is 19.2. The summed E-state index contributed by atoms with van der Waals surface area (Å²) in [5.74, 6) is 2.00. The number of halogens is 4. The van der Waals surface area contributed by atoms with Crippen LogP contribution >= 0.6 is 63.7 Å². The lowest BCUT2D eigenvalue weighted by Crippen LogP contribution is -2.11. The van der Waals surface area contributed by atoms with E-state index in [1.54, 1.807) is 0 Å². The van der Waals surface area contributed by atoms with Crippen LogP contribution in [0, 0.1) is 0 Å². The fourth-order valence-corrected chi connectivity index (χ4v) is 10.8. The minimum Gasteiger partial charge on any atom is -0.484 e. The van der Waals surface area contributed by atoms with Crippen LogP contribution in [-0.2, 0) is 0 Å². The summed E-state index contributed by atoms with van der Waals surface area (Å²) < 4.78 is 17.8. The number of hydrogen-bond acceptors (Lipinski definition) is 2. The molecule has 1 aliphatic heterocycles. The molecule has 11 aromatic rings. The maximum atomic E-state index is 6.84. The number of furan rings is 1. The predicted molar refractivity (Wildman–Crippen MR) is 272 cm³/mol. The molecule has 2 unspecified atom stereocenters. The van der Waals surface area contributed by atoms with Gasteiger partial charge in [-0.25, -0.2) is 0 Å². The third-order valence-corrected chi connectivity index (χ3v) is 13.9. The second kappa shape index (κ2) is 16.3. The highest BCUT2D eigenvalue weighted by atomic mass is 79.9. The van der Waals surface area contributed by atoms with Gasteiger partial charge in [0, 0.05) is 50.7 Å². The summed E-state index contributed by atoms with van der Waals surface area (Å²) in [6.07, 6.45) is -0.0784. The van der Waals surface area contributed by atoms with Gasteiger partial charge in [0.05, 0.1) is 5.92 Å². The van der Waals surface area contributed by atoms with E-state index >= 15 is 0 Å². The summed E-state index contributed by atoms with van der Waals surface area (Å²) in [6.45, 7) is 0. The van der Waals surface area contributed by atoms with E-state index in [-0.39, 0.29) is 12.0 Å². The Balaban J connectivity index is 0.000000139. The lowest BCUT2D eigenvalue weighted by molar-refractivity contribution is 0.224. The van der Waals surface area contributed by atoms with Crippen molar-refractivity contribution in [3.8, 4) is 28.2 Å². The van der Waals surface area contributed by atoms with Gasteiger partial charge in [0.15, 0.2) is 0 Å². The number of fused-ring (bicyclic) bond motifs is 12. The number of ether oxygens (including phenoxy) is 1. The van der Waals surface area contributed by atoms with Crippen molar-refractivity contribution in [1.82, 2.24) is 0 Å². The maximum Gasteiger partial charge on any atom is 0.143 e.